The first-order valence-electron chi connectivity index (χ1n) is 15.2. The monoisotopic (exact) mass is 510 g/mol. The maximum absolute atomic E-state index is 12.1. The van der Waals surface area contributed by atoms with Crippen LogP contribution in [0, 0.1) is 0 Å². The highest BCUT2D eigenvalue weighted by Gasteiger charge is 2.17. The van der Waals surface area contributed by atoms with Crippen LogP contribution in [-0.2, 0) is 23.8 Å². The van der Waals surface area contributed by atoms with Gasteiger partial charge in [-0.1, -0.05) is 104 Å². The fourth-order valence-electron chi connectivity index (χ4n) is 3.94. The lowest BCUT2D eigenvalue weighted by atomic mass is 10.1. The Labute approximate surface area is 223 Å². The lowest BCUT2D eigenvalue weighted by molar-refractivity contribution is -0.163. The summed E-state index contributed by atoms with van der Waals surface area (Å²) in [6.45, 7) is 7.45. The van der Waals surface area contributed by atoms with Gasteiger partial charge in [-0.3, -0.25) is 9.59 Å². The molecule has 5 heteroatoms. The average Bonchev–Trinajstić information content (AvgIpc) is 2.87. The van der Waals surface area contributed by atoms with Crippen molar-refractivity contribution in [2.24, 2.45) is 0 Å². The number of hydrogen-bond donors (Lipinski definition) is 0. The number of carbonyl (C=O) groups is 2. The Morgan fingerprint density at radius 1 is 0.583 bits per heavy atom. The van der Waals surface area contributed by atoms with E-state index < -0.39 is 6.10 Å². The number of ether oxygens (including phenoxy) is 3. The SMILES string of the molecule is CCCCCCCC/C=C\CCCCCCCC(=O)OC[C@H](COCCCC)OC(=O)CCCCC. The van der Waals surface area contributed by atoms with E-state index in [0.717, 1.165) is 57.8 Å². The van der Waals surface area contributed by atoms with E-state index in [9.17, 15) is 9.59 Å². The quantitative estimate of drug-likeness (QED) is 0.0627. The Morgan fingerprint density at radius 2 is 1.08 bits per heavy atom. The van der Waals surface area contributed by atoms with Crippen LogP contribution in [0.15, 0.2) is 12.2 Å². The highest BCUT2D eigenvalue weighted by atomic mass is 16.6. The van der Waals surface area contributed by atoms with Crippen LogP contribution in [0.4, 0.5) is 0 Å². The molecule has 0 spiro atoms. The fraction of sp³-hybridized carbons (Fsp3) is 0.871. The molecule has 5 nitrogen and oxygen atoms in total. The molecule has 0 bridgehead atoms. The minimum Gasteiger partial charge on any atom is -0.462 e. The van der Waals surface area contributed by atoms with Gasteiger partial charge in [-0.2, -0.15) is 0 Å². The van der Waals surface area contributed by atoms with Crippen molar-refractivity contribution in [3.8, 4) is 0 Å². The predicted molar refractivity (Wildman–Crippen MR) is 150 cm³/mol. The molecule has 0 aromatic carbocycles. The molecule has 0 amide bonds. The third-order valence-corrected chi connectivity index (χ3v) is 6.30. The molecule has 0 aliphatic heterocycles. The summed E-state index contributed by atoms with van der Waals surface area (Å²) in [7, 11) is 0. The van der Waals surface area contributed by atoms with E-state index in [1.807, 2.05) is 0 Å². The smallest absolute Gasteiger partial charge is 0.306 e. The summed E-state index contributed by atoms with van der Waals surface area (Å²) < 4.78 is 16.5. The first kappa shape index (κ1) is 34.6. The molecule has 0 rings (SSSR count). The number of carbonyl (C=O) groups excluding carboxylic acids is 2. The molecule has 0 aromatic rings. The zero-order valence-electron chi connectivity index (χ0n) is 24.0. The normalized spacial score (nSPS) is 12.2. The minimum absolute atomic E-state index is 0.0789. The van der Waals surface area contributed by atoms with E-state index in [0.29, 0.717) is 19.4 Å². The van der Waals surface area contributed by atoms with Crippen molar-refractivity contribution < 1.29 is 23.8 Å². The Morgan fingerprint density at radius 3 is 1.72 bits per heavy atom. The van der Waals surface area contributed by atoms with Crippen molar-refractivity contribution in [1.82, 2.24) is 0 Å². The lowest BCUT2D eigenvalue weighted by Crippen LogP contribution is -2.30. The van der Waals surface area contributed by atoms with Gasteiger partial charge < -0.3 is 14.2 Å². The standard InChI is InChI=1S/C31H58O5/c1-4-7-10-11-12-13-14-15-16-17-18-19-20-21-23-24-30(32)35-28-29(27-34-26-9-6-3)36-31(33)25-22-8-5-2/h15-16,29H,4-14,17-28H2,1-3H3/b16-15-/t29-/m0/s1. The summed E-state index contributed by atoms with van der Waals surface area (Å²) in [4.78, 5) is 24.2. The van der Waals surface area contributed by atoms with E-state index in [2.05, 4.69) is 32.9 Å². The summed E-state index contributed by atoms with van der Waals surface area (Å²) in [6, 6.07) is 0. The van der Waals surface area contributed by atoms with Crippen LogP contribution in [0.25, 0.3) is 0 Å². The molecule has 1 atom stereocenters. The molecule has 0 aliphatic rings. The van der Waals surface area contributed by atoms with Gasteiger partial charge in [0.15, 0.2) is 6.10 Å². The number of rotatable bonds is 27. The van der Waals surface area contributed by atoms with E-state index in [4.69, 9.17) is 14.2 Å². The summed E-state index contributed by atoms with van der Waals surface area (Å²) in [5.74, 6) is -0.450. The molecule has 212 valence electrons. The number of esters is 2. The van der Waals surface area contributed by atoms with Gasteiger partial charge in [-0.25, -0.2) is 0 Å². The van der Waals surface area contributed by atoms with Crippen LogP contribution in [-0.4, -0.2) is 37.9 Å². The Kier molecular flexibility index (Phi) is 27.1. The first-order chi connectivity index (χ1) is 17.6. The van der Waals surface area contributed by atoms with Crippen molar-refractivity contribution in [3.05, 3.63) is 12.2 Å². The lowest BCUT2D eigenvalue weighted by Gasteiger charge is -2.18. The van der Waals surface area contributed by atoms with Crippen molar-refractivity contribution in [2.75, 3.05) is 19.8 Å². The number of unbranched alkanes of at least 4 members (excludes halogenated alkanes) is 14. The molecule has 36 heavy (non-hydrogen) atoms. The van der Waals surface area contributed by atoms with Gasteiger partial charge in [0.1, 0.15) is 6.61 Å². The van der Waals surface area contributed by atoms with Crippen LogP contribution in [0.1, 0.15) is 149 Å². The van der Waals surface area contributed by atoms with Gasteiger partial charge >= 0.3 is 11.9 Å². The second-order valence-corrected chi connectivity index (χ2v) is 10.0. The molecule has 0 aliphatic carbocycles. The van der Waals surface area contributed by atoms with Gasteiger partial charge in [0.05, 0.1) is 6.61 Å². The third-order valence-electron chi connectivity index (χ3n) is 6.30. The molecular formula is C31H58O5. The van der Waals surface area contributed by atoms with E-state index in [-0.39, 0.29) is 25.2 Å². The van der Waals surface area contributed by atoms with Crippen LogP contribution in [0.2, 0.25) is 0 Å². The van der Waals surface area contributed by atoms with E-state index in [1.54, 1.807) is 0 Å². The molecule has 0 radical (unpaired) electrons. The third kappa shape index (κ3) is 25.7. The van der Waals surface area contributed by atoms with Gasteiger partial charge in [-0.15, -0.1) is 0 Å². The summed E-state index contributed by atoms with van der Waals surface area (Å²) in [6.07, 6.45) is 25.9. The van der Waals surface area contributed by atoms with Crippen LogP contribution in [0.5, 0.6) is 0 Å². The largest absolute Gasteiger partial charge is 0.462 e. The maximum Gasteiger partial charge on any atom is 0.306 e. The highest BCUT2D eigenvalue weighted by molar-refractivity contribution is 5.70. The van der Waals surface area contributed by atoms with E-state index >= 15 is 0 Å². The first-order valence-corrected chi connectivity index (χ1v) is 15.2. The maximum atomic E-state index is 12.1. The summed E-state index contributed by atoms with van der Waals surface area (Å²) >= 11 is 0. The van der Waals surface area contributed by atoms with Gasteiger partial charge in [-0.05, 0) is 44.9 Å². The van der Waals surface area contributed by atoms with Crippen LogP contribution >= 0.6 is 0 Å². The van der Waals surface area contributed by atoms with Gasteiger partial charge in [0, 0.05) is 19.4 Å². The Hall–Kier alpha value is -1.36. The fourth-order valence-corrected chi connectivity index (χ4v) is 3.94. The van der Waals surface area contributed by atoms with Crippen molar-refractivity contribution >= 4 is 11.9 Å². The number of allylic oxidation sites excluding steroid dienone is 2. The predicted octanol–water partition coefficient (Wildman–Crippen LogP) is 8.88. The second kappa shape index (κ2) is 28.2. The molecule has 0 saturated carbocycles. The topological polar surface area (TPSA) is 61.8 Å². The molecule has 0 heterocycles. The molecule has 0 unspecified atom stereocenters. The zero-order valence-corrected chi connectivity index (χ0v) is 24.0. The average molecular weight is 511 g/mol. The molecule has 0 aromatic heterocycles. The molecular weight excluding hydrogens is 452 g/mol. The Balaban J connectivity index is 3.82. The van der Waals surface area contributed by atoms with Crippen molar-refractivity contribution in [2.45, 2.75) is 155 Å². The highest BCUT2D eigenvalue weighted by Crippen LogP contribution is 2.11. The van der Waals surface area contributed by atoms with E-state index in [1.165, 1.54) is 57.8 Å². The Bertz CT molecular complexity index is 517. The zero-order chi connectivity index (χ0) is 26.5. The number of hydrogen-bond acceptors (Lipinski definition) is 5. The van der Waals surface area contributed by atoms with Crippen LogP contribution in [0.3, 0.4) is 0 Å². The molecule has 0 fully saturated rings. The second-order valence-electron chi connectivity index (χ2n) is 10.0. The minimum atomic E-state index is -0.519. The van der Waals surface area contributed by atoms with Crippen LogP contribution < -0.4 is 0 Å². The van der Waals surface area contributed by atoms with Crippen molar-refractivity contribution in [3.63, 3.8) is 0 Å². The van der Waals surface area contributed by atoms with Gasteiger partial charge in [0.2, 0.25) is 0 Å². The summed E-state index contributed by atoms with van der Waals surface area (Å²) in [5.41, 5.74) is 0. The van der Waals surface area contributed by atoms with Gasteiger partial charge in [0.25, 0.3) is 0 Å². The molecule has 0 N–H and O–H groups in total. The molecule has 0 saturated heterocycles. The van der Waals surface area contributed by atoms with Crippen molar-refractivity contribution in [1.29, 1.82) is 0 Å². The summed E-state index contributed by atoms with van der Waals surface area (Å²) in [5, 5.41) is 0.